The molecular formula is C16H15FO2S. The summed E-state index contributed by atoms with van der Waals surface area (Å²) in [6.45, 7) is 2.04. The standard InChI is InChI=1S/C16H15FO2S/c1-2-12-6-8-13(9-7-12)16(18)11-20(19)15-5-3-4-14(17)10-15/h3-10H,2,11H2,1H3. The van der Waals surface area contributed by atoms with Crippen molar-refractivity contribution in [3.63, 3.8) is 0 Å². The summed E-state index contributed by atoms with van der Waals surface area (Å²) in [5, 5.41) is 0. The lowest BCUT2D eigenvalue weighted by molar-refractivity contribution is 0.102. The molecule has 0 aliphatic rings. The summed E-state index contributed by atoms with van der Waals surface area (Å²) < 4.78 is 25.1. The number of benzene rings is 2. The van der Waals surface area contributed by atoms with Gasteiger partial charge in [-0.1, -0.05) is 37.3 Å². The molecular weight excluding hydrogens is 275 g/mol. The third-order valence-corrected chi connectivity index (χ3v) is 4.31. The Kier molecular flexibility index (Phi) is 4.79. The van der Waals surface area contributed by atoms with Crippen molar-refractivity contribution in [3.05, 3.63) is 65.5 Å². The van der Waals surface area contributed by atoms with Crippen LogP contribution in [0.5, 0.6) is 0 Å². The van der Waals surface area contributed by atoms with Gasteiger partial charge in [0.1, 0.15) is 5.82 Å². The molecule has 0 saturated heterocycles. The maximum absolute atomic E-state index is 13.1. The highest BCUT2D eigenvalue weighted by Gasteiger charge is 2.12. The summed E-state index contributed by atoms with van der Waals surface area (Å²) in [6, 6.07) is 12.8. The van der Waals surface area contributed by atoms with Crippen molar-refractivity contribution in [2.45, 2.75) is 18.2 Å². The van der Waals surface area contributed by atoms with Gasteiger partial charge in [-0.05, 0) is 30.2 Å². The van der Waals surface area contributed by atoms with E-state index in [0.717, 1.165) is 12.0 Å². The Balaban J connectivity index is 2.08. The summed E-state index contributed by atoms with van der Waals surface area (Å²) in [5.74, 6) is -0.777. The smallest absolute Gasteiger partial charge is 0.175 e. The van der Waals surface area contributed by atoms with Gasteiger partial charge in [-0.3, -0.25) is 9.00 Å². The lowest BCUT2D eigenvalue weighted by atomic mass is 10.1. The van der Waals surface area contributed by atoms with Gasteiger partial charge >= 0.3 is 0 Å². The van der Waals surface area contributed by atoms with Crippen LogP contribution in [0.3, 0.4) is 0 Å². The van der Waals surface area contributed by atoms with Crippen LogP contribution in [0.4, 0.5) is 4.39 Å². The molecule has 0 heterocycles. The molecule has 0 spiro atoms. The van der Waals surface area contributed by atoms with Gasteiger partial charge in [-0.15, -0.1) is 0 Å². The van der Waals surface area contributed by atoms with Gasteiger partial charge in [-0.25, -0.2) is 4.39 Å². The topological polar surface area (TPSA) is 34.1 Å². The molecule has 104 valence electrons. The van der Waals surface area contributed by atoms with E-state index in [2.05, 4.69) is 0 Å². The number of carbonyl (C=O) groups is 1. The van der Waals surface area contributed by atoms with Crippen molar-refractivity contribution < 1.29 is 13.4 Å². The van der Waals surface area contributed by atoms with Gasteiger partial charge in [0.25, 0.3) is 0 Å². The van der Waals surface area contributed by atoms with Gasteiger partial charge in [0.15, 0.2) is 5.78 Å². The minimum absolute atomic E-state index is 0.130. The molecule has 2 rings (SSSR count). The zero-order valence-electron chi connectivity index (χ0n) is 11.1. The van der Waals surface area contributed by atoms with Gasteiger partial charge in [0, 0.05) is 10.5 Å². The Morgan fingerprint density at radius 1 is 1.15 bits per heavy atom. The maximum Gasteiger partial charge on any atom is 0.175 e. The van der Waals surface area contributed by atoms with Crippen molar-refractivity contribution in [1.82, 2.24) is 0 Å². The van der Waals surface area contributed by atoms with Crippen LogP contribution in [-0.4, -0.2) is 15.7 Å². The number of hydrogen-bond donors (Lipinski definition) is 0. The summed E-state index contributed by atoms with van der Waals surface area (Å²) in [4.78, 5) is 12.4. The molecule has 2 aromatic rings. The molecule has 1 atom stereocenters. The normalized spacial score (nSPS) is 12.1. The van der Waals surface area contributed by atoms with Crippen LogP contribution in [0.15, 0.2) is 53.4 Å². The van der Waals surface area contributed by atoms with Crippen molar-refractivity contribution in [1.29, 1.82) is 0 Å². The van der Waals surface area contributed by atoms with Crippen molar-refractivity contribution >= 4 is 16.6 Å². The fourth-order valence-corrected chi connectivity index (χ4v) is 2.87. The Labute approximate surface area is 120 Å². The van der Waals surface area contributed by atoms with E-state index in [9.17, 15) is 13.4 Å². The van der Waals surface area contributed by atoms with Crippen LogP contribution in [0, 0.1) is 5.82 Å². The van der Waals surface area contributed by atoms with Gasteiger partial charge in [0.2, 0.25) is 0 Å². The summed E-state index contributed by atoms with van der Waals surface area (Å²) >= 11 is 0. The molecule has 2 aromatic carbocycles. The van der Waals surface area contributed by atoms with Crippen LogP contribution >= 0.6 is 0 Å². The third kappa shape index (κ3) is 3.61. The first kappa shape index (κ1) is 14.6. The van der Waals surface area contributed by atoms with Gasteiger partial charge < -0.3 is 0 Å². The Hall–Kier alpha value is -1.81. The van der Waals surface area contributed by atoms with Crippen LogP contribution in [-0.2, 0) is 17.2 Å². The number of ketones is 1. The molecule has 0 saturated carbocycles. The molecule has 0 amide bonds. The SMILES string of the molecule is CCc1ccc(C(=O)CS(=O)c2cccc(F)c2)cc1. The highest BCUT2D eigenvalue weighted by Crippen LogP contribution is 2.12. The van der Waals surface area contributed by atoms with E-state index in [4.69, 9.17) is 0 Å². The largest absolute Gasteiger partial charge is 0.293 e. The van der Waals surface area contributed by atoms with E-state index in [1.165, 1.54) is 18.2 Å². The molecule has 2 nitrogen and oxygen atoms in total. The first-order valence-corrected chi connectivity index (χ1v) is 7.68. The monoisotopic (exact) mass is 290 g/mol. The second kappa shape index (κ2) is 6.57. The minimum atomic E-state index is -1.52. The minimum Gasteiger partial charge on any atom is -0.293 e. The molecule has 0 bridgehead atoms. The number of carbonyl (C=O) groups excluding carboxylic acids is 1. The lowest BCUT2D eigenvalue weighted by Gasteiger charge is -2.03. The van der Waals surface area contributed by atoms with E-state index in [1.807, 2.05) is 19.1 Å². The third-order valence-electron chi connectivity index (χ3n) is 3.01. The quantitative estimate of drug-likeness (QED) is 0.791. The Morgan fingerprint density at radius 2 is 1.85 bits per heavy atom. The molecule has 20 heavy (non-hydrogen) atoms. The number of halogens is 1. The highest BCUT2D eigenvalue weighted by molar-refractivity contribution is 7.85. The molecule has 0 fully saturated rings. The van der Waals surface area contributed by atoms with Crippen molar-refractivity contribution in [2.75, 3.05) is 5.75 Å². The molecule has 0 aliphatic carbocycles. The van der Waals surface area contributed by atoms with Crippen molar-refractivity contribution in [2.24, 2.45) is 0 Å². The fourth-order valence-electron chi connectivity index (χ4n) is 1.82. The molecule has 0 N–H and O–H groups in total. The van der Waals surface area contributed by atoms with Crippen LogP contribution in [0.2, 0.25) is 0 Å². The first-order valence-electron chi connectivity index (χ1n) is 6.36. The number of Topliss-reactive ketones (excluding diaryl/α,β-unsaturated/α-hetero) is 1. The first-order chi connectivity index (χ1) is 9.60. The van der Waals surface area contributed by atoms with Crippen LogP contribution in [0.1, 0.15) is 22.8 Å². The Bertz CT molecular complexity index is 635. The van der Waals surface area contributed by atoms with E-state index >= 15 is 0 Å². The summed E-state index contributed by atoms with van der Waals surface area (Å²) in [7, 11) is -1.52. The number of aryl methyl sites for hydroxylation is 1. The van der Waals surface area contributed by atoms with Gasteiger partial charge in [0.05, 0.1) is 16.6 Å². The van der Waals surface area contributed by atoms with Gasteiger partial charge in [-0.2, -0.15) is 0 Å². The second-order valence-corrected chi connectivity index (χ2v) is 5.87. The zero-order chi connectivity index (χ0) is 14.5. The maximum atomic E-state index is 13.1. The average Bonchev–Trinajstić information content (AvgIpc) is 2.47. The molecule has 4 heteroatoms. The predicted molar refractivity (Wildman–Crippen MR) is 77.8 cm³/mol. The molecule has 0 radical (unpaired) electrons. The summed E-state index contributed by atoms with van der Waals surface area (Å²) in [6.07, 6.45) is 0.906. The number of hydrogen-bond acceptors (Lipinski definition) is 2. The van der Waals surface area contributed by atoms with Crippen LogP contribution < -0.4 is 0 Å². The average molecular weight is 290 g/mol. The van der Waals surface area contributed by atoms with Crippen molar-refractivity contribution in [3.8, 4) is 0 Å². The van der Waals surface area contributed by atoms with Crippen LogP contribution in [0.25, 0.3) is 0 Å². The highest BCUT2D eigenvalue weighted by atomic mass is 32.2. The fraction of sp³-hybridized carbons (Fsp3) is 0.188. The summed E-state index contributed by atoms with van der Waals surface area (Å²) in [5.41, 5.74) is 1.68. The lowest BCUT2D eigenvalue weighted by Crippen LogP contribution is -2.11. The van der Waals surface area contributed by atoms with E-state index in [1.54, 1.807) is 18.2 Å². The predicted octanol–water partition coefficient (Wildman–Crippen LogP) is 3.38. The molecule has 0 aromatic heterocycles. The number of rotatable bonds is 5. The Morgan fingerprint density at radius 3 is 2.45 bits per heavy atom. The zero-order valence-corrected chi connectivity index (χ0v) is 12.0. The molecule has 0 aliphatic heterocycles. The van der Waals surface area contributed by atoms with E-state index < -0.39 is 16.6 Å². The van der Waals surface area contributed by atoms with E-state index in [0.29, 0.717) is 10.5 Å². The molecule has 1 unspecified atom stereocenters. The van der Waals surface area contributed by atoms with E-state index in [-0.39, 0.29) is 11.5 Å². The second-order valence-electron chi connectivity index (χ2n) is 4.42.